The third-order valence-electron chi connectivity index (χ3n) is 9.48. The molecule has 0 unspecified atom stereocenters. The summed E-state index contributed by atoms with van der Waals surface area (Å²) in [5.41, 5.74) is 3.26. The fourth-order valence-electron chi connectivity index (χ4n) is 6.71. The van der Waals surface area contributed by atoms with E-state index in [0.717, 1.165) is 126 Å². The van der Waals surface area contributed by atoms with Crippen molar-refractivity contribution in [1.29, 1.82) is 0 Å². The largest absolute Gasteiger partial charge is 0.497 e. The Labute approximate surface area is 281 Å². The summed E-state index contributed by atoms with van der Waals surface area (Å²) in [7, 11) is 5.12. The number of hydrogen-bond donors (Lipinski definition) is 0. The lowest BCUT2D eigenvalue weighted by Gasteiger charge is -2.26. The summed E-state index contributed by atoms with van der Waals surface area (Å²) >= 11 is 0. The molecular formula is C39H42N6O3. The molecule has 0 N–H and O–H groups in total. The SMILES string of the molecule is COc1ccc2c(CN3CCN(Cc4nccc5cc(OC)ccc45)CCN(Cc4nccc5cc(OC)ccc45)CC3)nccc2c1. The summed E-state index contributed by atoms with van der Waals surface area (Å²) in [6.07, 6.45) is 5.73. The van der Waals surface area contributed by atoms with Gasteiger partial charge in [-0.05, 0) is 89.0 Å². The lowest BCUT2D eigenvalue weighted by Crippen LogP contribution is -2.35. The van der Waals surface area contributed by atoms with E-state index in [4.69, 9.17) is 29.2 Å². The van der Waals surface area contributed by atoms with Crippen LogP contribution in [0.15, 0.2) is 91.4 Å². The molecule has 4 heterocycles. The molecule has 1 saturated heterocycles. The number of nitrogens with zero attached hydrogens (tertiary/aromatic N) is 6. The van der Waals surface area contributed by atoms with Crippen molar-refractivity contribution < 1.29 is 14.2 Å². The Kier molecular flexibility index (Phi) is 9.60. The molecule has 3 aromatic carbocycles. The maximum Gasteiger partial charge on any atom is 0.119 e. The Hall–Kier alpha value is -4.83. The van der Waals surface area contributed by atoms with E-state index in [-0.39, 0.29) is 0 Å². The first-order chi connectivity index (χ1) is 23.6. The van der Waals surface area contributed by atoms with Crippen LogP contribution in [0, 0.1) is 0 Å². The van der Waals surface area contributed by atoms with Gasteiger partial charge in [0.15, 0.2) is 0 Å². The molecule has 0 amide bonds. The average molecular weight is 643 g/mol. The molecule has 0 spiro atoms. The van der Waals surface area contributed by atoms with Gasteiger partial charge in [-0.1, -0.05) is 0 Å². The number of pyridine rings is 3. The second-order valence-corrected chi connectivity index (χ2v) is 12.4. The van der Waals surface area contributed by atoms with Crippen LogP contribution in [0.3, 0.4) is 0 Å². The minimum absolute atomic E-state index is 0.768. The van der Waals surface area contributed by atoms with Crippen LogP contribution in [0.2, 0.25) is 0 Å². The second kappa shape index (κ2) is 14.5. The molecule has 0 radical (unpaired) electrons. The van der Waals surface area contributed by atoms with Gasteiger partial charge in [-0.3, -0.25) is 29.7 Å². The average Bonchev–Trinajstić information content (AvgIpc) is 3.22. The Bertz CT molecular complexity index is 1790. The molecule has 0 aliphatic carbocycles. The number of fused-ring (bicyclic) bond motifs is 3. The fraction of sp³-hybridized carbons (Fsp3) is 0.308. The molecule has 1 aliphatic rings. The molecule has 6 aromatic rings. The first-order valence-corrected chi connectivity index (χ1v) is 16.5. The van der Waals surface area contributed by atoms with Crippen LogP contribution in [0.1, 0.15) is 17.1 Å². The van der Waals surface area contributed by atoms with Crippen molar-refractivity contribution in [2.24, 2.45) is 0 Å². The van der Waals surface area contributed by atoms with Crippen LogP contribution in [-0.4, -0.2) is 90.2 Å². The number of methoxy groups -OCH3 is 3. The van der Waals surface area contributed by atoms with E-state index in [2.05, 4.69) is 69.3 Å². The van der Waals surface area contributed by atoms with Crippen LogP contribution in [0.25, 0.3) is 32.3 Å². The lowest BCUT2D eigenvalue weighted by molar-refractivity contribution is 0.208. The normalized spacial score (nSPS) is 15.3. The molecule has 246 valence electrons. The van der Waals surface area contributed by atoms with Crippen LogP contribution in [0.5, 0.6) is 17.2 Å². The molecule has 9 nitrogen and oxygen atoms in total. The maximum absolute atomic E-state index is 5.49. The van der Waals surface area contributed by atoms with E-state index in [1.165, 1.54) is 0 Å². The quantitative estimate of drug-likeness (QED) is 0.184. The van der Waals surface area contributed by atoms with Crippen molar-refractivity contribution in [2.75, 3.05) is 60.6 Å². The zero-order valence-corrected chi connectivity index (χ0v) is 27.9. The summed E-state index contributed by atoms with van der Waals surface area (Å²) in [5, 5.41) is 6.92. The van der Waals surface area contributed by atoms with Gasteiger partial charge in [0.1, 0.15) is 17.2 Å². The second-order valence-electron chi connectivity index (χ2n) is 12.4. The zero-order chi connectivity index (χ0) is 32.9. The third kappa shape index (κ3) is 7.04. The van der Waals surface area contributed by atoms with E-state index in [1.807, 2.05) is 36.8 Å². The topological polar surface area (TPSA) is 76.1 Å². The highest BCUT2D eigenvalue weighted by atomic mass is 16.5. The van der Waals surface area contributed by atoms with Gasteiger partial charge in [0.2, 0.25) is 0 Å². The Morgan fingerprint density at radius 3 is 1.00 bits per heavy atom. The van der Waals surface area contributed by atoms with Crippen molar-refractivity contribution in [3.63, 3.8) is 0 Å². The van der Waals surface area contributed by atoms with Gasteiger partial charge >= 0.3 is 0 Å². The molecule has 48 heavy (non-hydrogen) atoms. The molecule has 0 atom stereocenters. The smallest absolute Gasteiger partial charge is 0.119 e. The van der Waals surface area contributed by atoms with E-state index in [0.29, 0.717) is 0 Å². The van der Waals surface area contributed by atoms with Crippen molar-refractivity contribution in [1.82, 2.24) is 29.7 Å². The standard InChI is InChI=1S/C39H42N6O3/c1-46-31-4-7-34-28(22-31)10-13-40-37(34)25-43-16-18-44(26-38-35-8-5-32(47-2)23-29(35)11-14-41-38)20-21-45(19-17-43)27-39-36-9-6-33(48-3)24-30(36)12-15-42-39/h4-15,22-24H,16-21,25-27H2,1-3H3. The van der Waals surface area contributed by atoms with Gasteiger partial charge in [-0.2, -0.15) is 0 Å². The van der Waals surface area contributed by atoms with E-state index < -0.39 is 0 Å². The highest BCUT2D eigenvalue weighted by Crippen LogP contribution is 2.27. The minimum Gasteiger partial charge on any atom is -0.497 e. The number of aromatic nitrogens is 3. The molecule has 7 rings (SSSR count). The van der Waals surface area contributed by atoms with E-state index in [9.17, 15) is 0 Å². The minimum atomic E-state index is 0.768. The highest BCUT2D eigenvalue weighted by Gasteiger charge is 2.20. The summed E-state index contributed by atoms with van der Waals surface area (Å²) in [5.74, 6) is 2.57. The van der Waals surface area contributed by atoms with Gasteiger partial charge in [0.05, 0.1) is 38.4 Å². The van der Waals surface area contributed by atoms with Crippen molar-refractivity contribution in [3.8, 4) is 17.2 Å². The Balaban J connectivity index is 1.17. The fourth-order valence-corrected chi connectivity index (χ4v) is 6.71. The number of benzene rings is 3. The molecule has 0 saturated carbocycles. The Morgan fingerprint density at radius 2 is 0.729 bits per heavy atom. The molecule has 1 aliphatic heterocycles. The first-order valence-electron chi connectivity index (χ1n) is 16.5. The number of ether oxygens (including phenoxy) is 3. The monoisotopic (exact) mass is 642 g/mol. The van der Waals surface area contributed by atoms with E-state index in [1.54, 1.807) is 21.3 Å². The summed E-state index contributed by atoms with van der Waals surface area (Å²) in [4.78, 5) is 22.2. The Morgan fingerprint density at radius 1 is 0.438 bits per heavy atom. The van der Waals surface area contributed by atoms with Crippen molar-refractivity contribution >= 4 is 32.3 Å². The molecule has 9 heteroatoms. The lowest BCUT2D eigenvalue weighted by atomic mass is 10.1. The van der Waals surface area contributed by atoms with Gasteiger partial charge in [-0.15, -0.1) is 0 Å². The van der Waals surface area contributed by atoms with Gasteiger partial charge in [0, 0.05) is 93.7 Å². The molecule has 3 aromatic heterocycles. The maximum atomic E-state index is 5.49. The summed E-state index contributed by atoms with van der Waals surface area (Å²) < 4.78 is 16.5. The molecular weight excluding hydrogens is 600 g/mol. The van der Waals surface area contributed by atoms with Crippen molar-refractivity contribution in [3.05, 3.63) is 108 Å². The third-order valence-corrected chi connectivity index (χ3v) is 9.48. The summed E-state index contributed by atoms with van der Waals surface area (Å²) in [6.45, 7) is 7.84. The van der Waals surface area contributed by atoms with E-state index >= 15 is 0 Å². The zero-order valence-electron chi connectivity index (χ0n) is 27.9. The number of hydrogen-bond acceptors (Lipinski definition) is 9. The van der Waals surface area contributed by atoms with Gasteiger partial charge < -0.3 is 14.2 Å². The van der Waals surface area contributed by atoms with Gasteiger partial charge in [-0.25, -0.2) is 0 Å². The molecule has 0 bridgehead atoms. The number of rotatable bonds is 9. The van der Waals surface area contributed by atoms with Crippen molar-refractivity contribution in [2.45, 2.75) is 19.6 Å². The van der Waals surface area contributed by atoms with Gasteiger partial charge in [0.25, 0.3) is 0 Å². The predicted octanol–water partition coefficient (Wildman–Crippen LogP) is 6.18. The predicted molar refractivity (Wildman–Crippen MR) is 191 cm³/mol. The highest BCUT2D eigenvalue weighted by molar-refractivity contribution is 5.87. The van der Waals surface area contributed by atoms with Crippen LogP contribution >= 0.6 is 0 Å². The molecule has 1 fully saturated rings. The summed E-state index contributed by atoms with van der Waals surface area (Å²) in [6, 6.07) is 24.9. The van der Waals surface area contributed by atoms with Crippen LogP contribution < -0.4 is 14.2 Å². The first kappa shape index (κ1) is 31.8. The van der Waals surface area contributed by atoms with Crippen LogP contribution in [0.4, 0.5) is 0 Å². The van der Waals surface area contributed by atoms with Crippen LogP contribution in [-0.2, 0) is 19.6 Å².